The van der Waals surface area contributed by atoms with Gasteiger partial charge in [0.05, 0.1) is 19.3 Å². The molecule has 0 amide bonds. The van der Waals surface area contributed by atoms with E-state index in [4.69, 9.17) is 4.74 Å². The summed E-state index contributed by atoms with van der Waals surface area (Å²) >= 11 is 0. The monoisotopic (exact) mass is 275 g/mol. The van der Waals surface area contributed by atoms with Crippen LogP contribution in [-0.2, 0) is 10.3 Å². The van der Waals surface area contributed by atoms with Gasteiger partial charge in [-0.15, -0.1) is 0 Å². The highest BCUT2D eigenvalue weighted by Gasteiger charge is 2.51. The normalized spacial score (nSPS) is 29.4. The van der Waals surface area contributed by atoms with Crippen molar-refractivity contribution in [3.8, 4) is 0 Å². The molecule has 4 nitrogen and oxygen atoms in total. The van der Waals surface area contributed by atoms with Gasteiger partial charge in [-0.1, -0.05) is 18.2 Å². The maximum absolute atomic E-state index is 12.0. The molecule has 2 heterocycles. The van der Waals surface area contributed by atoms with E-state index < -0.39 is 0 Å². The fourth-order valence-electron chi connectivity index (χ4n) is 4.05. The summed E-state index contributed by atoms with van der Waals surface area (Å²) in [6.07, 6.45) is 4.17. The number of ether oxygens (including phenoxy) is 1. The Morgan fingerprint density at radius 1 is 1.45 bits per heavy atom. The lowest BCUT2D eigenvalue weighted by atomic mass is 9.83. The van der Waals surface area contributed by atoms with E-state index in [2.05, 4.69) is 4.90 Å². The fraction of sp³-hybridized carbons (Fsp3) is 0.562. The Morgan fingerprint density at radius 2 is 2.25 bits per heavy atom. The Kier molecular flexibility index (Phi) is 3.52. The number of hydrogen-bond acceptors (Lipinski definition) is 4. The Hall–Kier alpha value is -1.39. The number of benzene rings is 1. The van der Waals surface area contributed by atoms with Crippen LogP contribution in [0.1, 0.15) is 41.6 Å². The van der Waals surface area contributed by atoms with Gasteiger partial charge in [0.25, 0.3) is 0 Å². The number of fused-ring (bicyclic) bond motifs is 1. The predicted molar refractivity (Wildman–Crippen MR) is 75.5 cm³/mol. The third-order valence-corrected chi connectivity index (χ3v) is 4.92. The molecule has 0 aromatic heterocycles. The highest BCUT2D eigenvalue weighted by molar-refractivity contribution is 5.91. The van der Waals surface area contributed by atoms with Crippen molar-refractivity contribution in [1.29, 1.82) is 0 Å². The standard InChI is InChI=1S/C16H21NO3/c1-20-15(19)13-5-2-3-6-14(13)16-8-4-10-17(16)12(11-18)7-9-16/h2-3,5-6,12,18H,4,7-11H2,1H3. The van der Waals surface area contributed by atoms with Gasteiger partial charge in [-0.3, -0.25) is 4.90 Å². The minimum Gasteiger partial charge on any atom is -0.465 e. The highest BCUT2D eigenvalue weighted by atomic mass is 16.5. The molecule has 0 bridgehead atoms. The zero-order valence-corrected chi connectivity index (χ0v) is 11.8. The van der Waals surface area contributed by atoms with Gasteiger partial charge in [0.2, 0.25) is 0 Å². The van der Waals surface area contributed by atoms with Gasteiger partial charge in [0.1, 0.15) is 0 Å². The van der Waals surface area contributed by atoms with Gasteiger partial charge in [-0.2, -0.15) is 0 Å². The number of carbonyl (C=O) groups excluding carboxylic acids is 1. The summed E-state index contributed by atoms with van der Waals surface area (Å²) in [6.45, 7) is 1.20. The summed E-state index contributed by atoms with van der Waals surface area (Å²) in [7, 11) is 1.42. The van der Waals surface area contributed by atoms with Crippen molar-refractivity contribution in [3.05, 3.63) is 35.4 Å². The molecule has 1 N–H and O–H groups in total. The maximum Gasteiger partial charge on any atom is 0.338 e. The molecule has 4 heteroatoms. The average Bonchev–Trinajstić information content (AvgIpc) is 3.05. The SMILES string of the molecule is COC(=O)c1ccccc1C12CCCN1C(CO)CC2. The molecule has 2 atom stereocenters. The van der Waals surface area contributed by atoms with Gasteiger partial charge in [-0.25, -0.2) is 4.79 Å². The second-order valence-corrected chi connectivity index (χ2v) is 5.74. The number of aliphatic hydroxyl groups excluding tert-OH is 1. The average molecular weight is 275 g/mol. The van der Waals surface area contributed by atoms with E-state index in [-0.39, 0.29) is 24.2 Å². The van der Waals surface area contributed by atoms with Gasteiger partial charge in [0, 0.05) is 11.6 Å². The lowest BCUT2D eigenvalue weighted by Gasteiger charge is -2.36. The number of nitrogens with zero attached hydrogens (tertiary/aromatic N) is 1. The molecule has 0 saturated carbocycles. The molecule has 20 heavy (non-hydrogen) atoms. The van der Waals surface area contributed by atoms with Crippen LogP contribution in [0, 0.1) is 0 Å². The molecular weight excluding hydrogens is 254 g/mol. The second kappa shape index (κ2) is 5.19. The van der Waals surface area contributed by atoms with Gasteiger partial charge in [-0.05, 0) is 43.9 Å². The molecule has 2 aliphatic rings. The zero-order chi connectivity index (χ0) is 14.2. The van der Waals surface area contributed by atoms with E-state index in [9.17, 15) is 9.90 Å². The van der Waals surface area contributed by atoms with Crippen LogP contribution in [0.4, 0.5) is 0 Å². The predicted octanol–water partition coefficient (Wildman–Crippen LogP) is 1.92. The Bertz CT molecular complexity index is 516. The van der Waals surface area contributed by atoms with Crippen LogP contribution in [-0.4, -0.2) is 42.3 Å². The first-order valence-electron chi connectivity index (χ1n) is 7.28. The number of esters is 1. The fourth-order valence-corrected chi connectivity index (χ4v) is 4.05. The van der Waals surface area contributed by atoms with E-state index in [1.165, 1.54) is 7.11 Å². The van der Waals surface area contributed by atoms with Crippen LogP contribution in [0.25, 0.3) is 0 Å². The van der Waals surface area contributed by atoms with Crippen LogP contribution in [0.5, 0.6) is 0 Å². The van der Waals surface area contributed by atoms with Gasteiger partial charge in [0.15, 0.2) is 0 Å². The van der Waals surface area contributed by atoms with Crippen molar-refractivity contribution < 1.29 is 14.6 Å². The van der Waals surface area contributed by atoms with Crippen molar-refractivity contribution in [2.75, 3.05) is 20.3 Å². The molecule has 0 radical (unpaired) electrons. The maximum atomic E-state index is 12.0. The lowest BCUT2D eigenvalue weighted by molar-refractivity contribution is 0.0588. The Balaban J connectivity index is 2.06. The van der Waals surface area contributed by atoms with E-state index in [1.54, 1.807) is 0 Å². The Labute approximate surface area is 119 Å². The van der Waals surface area contributed by atoms with Crippen molar-refractivity contribution in [1.82, 2.24) is 4.90 Å². The summed E-state index contributed by atoms with van der Waals surface area (Å²) in [6, 6.07) is 7.98. The number of aliphatic hydroxyl groups is 1. The molecule has 108 valence electrons. The minimum absolute atomic E-state index is 0.0851. The number of methoxy groups -OCH3 is 1. The number of rotatable bonds is 3. The van der Waals surface area contributed by atoms with E-state index in [0.29, 0.717) is 5.56 Å². The Morgan fingerprint density at radius 3 is 3.00 bits per heavy atom. The molecule has 2 aliphatic heterocycles. The van der Waals surface area contributed by atoms with Gasteiger partial charge >= 0.3 is 5.97 Å². The van der Waals surface area contributed by atoms with Crippen molar-refractivity contribution in [2.45, 2.75) is 37.3 Å². The van der Waals surface area contributed by atoms with Crippen LogP contribution < -0.4 is 0 Å². The second-order valence-electron chi connectivity index (χ2n) is 5.74. The number of hydrogen-bond donors (Lipinski definition) is 1. The highest BCUT2D eigenvalue weighted by Crippen LogP contribution is 2.50. The zero-order valence-electron chi connectivity index (χ0n) is 11.8. The molecule has 0 aliphatic carbocycles. The first-order valence-corrected chi connectivity index (χ1v) is 7.28. The minimum atomic E-state index is -0.269. The summed E-state index contributed by atoms with van der Waals surface area (Å²) < 4.78 is 4.93. The summed E-state index contributed by atoms with van der Waals surface area (Å²) in [5, 5.41) is 9.57. The summed E-state index contributed by atoms with van der Waals surface area (Å²) in [4.78, 5) is 14.4. The molecule has 2 unspecified atom stereocenters. The molecule has 3 rings (SSSR count). The first-order chi connectivity index (χ1) is 9.73. The third-order valence-electron chi connectivity index (χ3n) is 4.92. The molecule has 1 aromatic carbocycles. The molecule has 0 spiro atoms. The van der Waals surface area contributed by atoms with E-state index in [0.717, 1.165) is 37.8 Å². The summed E-state index contributed by atoms with van der Waals surface area (Å²) in [5.74, 6) is -0.269. The lowest BCUT2D eigenvalue weighted by Crippen LogP contribution is -2.42. The van der Waals surface area contributed by atoms with Crippen LogP contribution >= 0.6 is 0 Å². The van der Waals surface area contributed by atoms with Crippen LogP contribution in [0.15, 0.2) is 24.3 Å². The largest absolute Gasteiger partial charge is 0.465 e. The van der Waals surface area contributed by atoms with Gasteiger partial charge < -0.3 is 9.84 Å². The molecule has 1 aromatic rings. The van der Waals surface area contributed by atoms with Crippen LogP contribution in [0.2, 0.25) is 0 Å². The van der Waals surface area contributed by atoms with Crippen molar-refractivity contribution in [2.24, 2.45) is 0 Å². The molecular formula is C16H21NO3. The van der Waals surface area contributed by atoms with Crippen LogP contribution in [0.3, 0.4) is 0 Å². The first kappa shape index (κ1) is 13.6. The van der Waals surface area contributed by atoms with E-state index in [1.807, 2.05) is 24.3 Å². The third kappa shape index (κ3) is 1.86. The smallest absolute Gasteiger partial charge is 0.338 e. The van der Waals surface area contributed by atoms with Crippen molar-refractivity contribution in [3.63, 3.8) is 0 Å². The van der Waals surface area contributed by atoms with Crippen molar-refractivity contribution >= 4 is 5.97 Å². The molecule has 2 fully saturated rings. The quantitative estimate of drug-likeness (QED) is 0.856. The summed E-state index contributed by atoms with van der Waals surface area (Å²) in [5.41, 5.74) is 1.65. The van der Waals surface area contributed by atoms with E-state index >= 15 is 0 Å². The molecule has 2 saturated heterocycles. The number of carbonyl (C=O) groups is 1. The topological polar surface area (TPSA) is 49.8 Å².